The third-order valence-corrected chi connectivity index (χ3v) is 24.1. The molecule has 2 fully saturated rings. The molecule has 0 saturated carbocycles. The minimum absolute atomic E-state index is 0.0422. The van der Waals surface area contributed by atoms with E-state index in [1.807, 2.05) is 0 Å². The number of fused-ring (bicyclic) bond motifs is 1. The number of esters is 1. The summed E-state index contributed by atoms with van der Waals surface area (Å²) in [7, 11) is -5.55. The minimum Gasteiger partial charge on any atom is -0.469 e. The van der Waals surface area contributed by atoms with Crippen molar-refractivity contribution in [2.24, 2.45) is 0 Å². The first-order chi connectivity index (χ1) is 18.8. The summed E-state index contributed by atoms with van der Waals surface area (Å²) >= 11 is 0. The highest BCUT2D eigenvalue weighted by Gasteiger charge is 2.58. The highest BCUT2D eigenvalue weighted by molar-refractivity contribution is 6.75. The van der Waals surface area contributed by atoms with Gasteiger partial charge in [0.25, 0.3) is 0 Å². The molecule has 0 aromatic rings. The van der Waals surface area contributed by atoms with E-state index in [0.717, 1.165) is 0 Å². The van der Waals surface area contributed by atoms with Crippen LogP contribution in [0, 0.1) is 0 Å². The molecule has 7 atom stereocenters. The van der Waals surface area contributed by atoms with E-state index in [-0.39, 0.29) is 46.3 Å². The summed E-state index contributed by atoms with van der Waals surface area (Å²) in [5, 5.41) is 10.7. The molecule has 3 unspecified atom stereocenters. The van der Waals surface area contributed by atoms with Crippen molar-refractivity contribution >= 4 is 30.9 Å². The predicted molar refractivity (Wildman–Crippen MR) is 176 cm³/mol. The molecule has 0 radical (unpaired) electrons. The third kappa shape index (κ3) is 8.78. The molecule has 0 aromatic heterocycles. The van der Waals surface area contributed by atoms with Gasteiger partial charge in [0.05, 0.1) is 38.4 Å². The average Bonchev–Trinajstić information content (AvgIpc) is 2.81. The molecule has 0 amide bonds. The summed E-state index contributed by atoms with van der Waals surface area (Å²) < 4.78 is 40.0. The summed E-state index contributed by atoms with van der Waals surface area (Å²) in [5.74, 6) is -0.285. The Morgan fingerprint density at radius 3 is 1.69 bits per heavy atom. The lowest BCUT2D eigenvalue weighted by Crippen LogP contribution is -2.69. The second-order valence-electron chi connectivity index (χ2n) is 17.0. The SMILES string of the molecule is COC(=O)C[C@H]1CC[C@@H]2O[C@@H](C(CO)O[Si](C)(C)C(C)(C)C)C(O[Si](C)(C)C(C)(C)C)C(O[Si](C)(C)C(C)(C)C)[C@H]2O1. The zero-order valence-corrected chi connectivity index (χ0v) is 32.7. The van der Waals surface area contributed by atoms with Crippen molar-refractivity contribution in [1.29, 1.82) is 0 Å². The van der Waals surface area contributed by atoms with Gasteiger partial charge >= 0.3 is 5.97 Å². The van der Waals surface area contributed by atoms with E-state index in [9.17, 15) is 9.90 Å². The van der Waals surface area contributed by atoms with E-state index >= 15 is 0 Å². The molecule has 2 saturated heterocycles. The molecular formula is C31H64O8Si3. The molecule has 2 heterocycles. The van der Waals surface area contributed by atoms with E-state index in [0.29, 0.717) is 12.8 Å². The standard InChI is InChI=1S/C31H64O8Si3/c1-29(2,3)40(11,12)37-23(20-32)26-28(39-42(15,16)31(7,8)9)27(38-41(13,14)30(4,5)6)25-22(36-26)18-17-21(35-25)19-24(33)34-10/h21-23,25-28,32H,17-20H2,1-16H3/t21-,22+,23?,25+,26+,27?,28?/m1/s1. The maximum absolute atomic E-state index is 12.2. The lowest BCUT2D eigenvalue weighted by molar-refractivity contribution is -0.272. The average molecular weight is 649 g/mol. The Labute approximate surface area is 260 Å². The van der Waals surface area contributed by atoms with Crippen molar-refractivity contribution in [3.05, 3.63) is 0 Å². The number of carbonyl (C=O) groups is 1. The largest absolute Gasteiger partial charge is 0.469 e. The van der Waals surface area contributed by atoms with E-state index in [2.05, 4.69) is 102 Å². The summed E-state index contributed by atoms with van der Waals surface area (Å²) in [4.78, 5) is 12.2. The van der Waals surface area contributed by atoms with Crippen LogP contribution in [-0.2, 0) is 32.3 Å². The minimum atomic E-state index is -2.36. The van der Waals surface area contributed by atoms with Gasteiger partial charge in [-0.25, -0.2) is 0 Å². The third-order valence-electron chi connectivity index (χ3n) is 10.7. The van der Waals surface area contributed by atoms with Gasteiger partial charge in [-0.2, -0.15) is 0 Å². The first kappa shape index (κ1) is 38.1. The van der Waals surface area contributed by atoms with Gasteiger partial charge in [0.15, 0.2) is 25.0 Å². The van der Waals surface area contributed by atoms with Crippen molar-refractivity contribution in [2.75, 3.05) is 13.7 Å². The molecule has 2 aliphatic heterocycles. The van der Waals surface area contributed by atoms with Gasteiger partial charge in [-0.15, -0.1) is 0 Å². The van der Waals surface area contributed by atoms with Gasteiger partial charge in [0.2, 0.25) is 0 Å². The highest BCUT2D eigenvalue weighted by Crippen LogP contribution is 2.47. The lowest BCUT2D eigenvalue weighted by Gasteiger charge is -2.56. The molecule has 11 heteroatoms. The van der Waals surface area contributed by atoms with Crippen LogP contribution in [0.1, 0.15) is 81.6 Å². The van der Waals surface area contributed by atoms with Crippen molar-refractivity contribution in [2.45, 2.75) is 179 Å². The summed E-state index contributed by atoms with van der Waals surface area (Å²) in [5.41, 5.74) is 0. The Morgan fingerprint density at radius 2 is 1.26 bits per heavy atom. The zero-order valence-electron chi connectivity index (χ0n) is 29.7. The van der Waals surface area contributed by atoms with Crippen LogP contribution >= 0.6 is 0 Å². The monoisotopic (exact) mass is 648 g/mol. The predicted octanol–water partition coefficient (Wildman–Crippen LogP) is 7.03. The Morgan fingerprint density at radius 1 is 0.786 bits per heavy atom. The van der Waals surface area contributed by atoms with Crippen molar-refractivity contribution in [3.63, 3.8) is 0 Å². The first-order valence-corrected chi connectivity index (χ1v) is 24.5. The van der Waals surface area contributed by atoms with Gasteiger partial charge in [0, 0.05) is 0 Å². The van der Waals surface area contributed by atoms with Crippen LogP contribution in [0.25, 0.3) is 0 Å². The lowest BCUT2D eigenvalue weighted by atomic mass is 9.87. The summed E-state index contributed by atoms with van der Waals surface area (Å²) in [6.07, 6.45) is -1.44. The summed E-state index contributed by atoms with van der Waals surface area (Å²) in [6, 6.07) is 0. The van der Waals surface area contributed by atoms with E-state index in [4.69, 9.17) is 27.5 Å². The fourth-order valence-corrected chi connectivity index (χ4v) is 8.69. The Balaban J connectivity index is 2.68. The second-order valence-corrected chi connectivity index (χ2v) is 31.3. The van der Waals surface area contributed by atoms with Crippen LogP contribution in [0.4, 0.5) is 0 Å². The molecule has 2 rings (SSSR count). The molecule has 8 nitrogen and oxygen atoms in total. The van der Waals surface area contributed by atoms with Gasteiger partial charge in [-0.1, -0.05) is 62.3 Å². The number of aliphatic hydroxyl groups is 1. The first-order valence-electron chi connectivity index (χ1n) is 15.8. The van der Waals surface area contributed by atoms with E-state index in [1.165, 1.54) is 7.11 Å². The maximum atomic E-state index is 12.2. The fraction of sp³-hybridized carbons (Fsp3) is 0.968. The number of methoxy groups -OCH3 is 1. The molecule has 0 aromatic carbocycles. The quantitative estimate of drug-likeness (QED) is 0.199. The van der Waals surface area contributed by atoms with Crippen molar-refractivity contribution < 1.29 is 37.4 Å². The van der Waals surface area contributed by atoms with Crippen molar-refractivity contribution in [1.82, 2.24) is 0 Å². The number of aliphatic hydroxyl groups excluding tert-OH is 1. The molecule has 248 valence electrons. The van der Waals surface area contributed by atoms with Gasteiger partial charge in [-0.05, 0) is 67.2 Å². The maximum Gasteiger partial charge on any atom is 0.308 e. The molecule has 0 aliphatic carbocycles. The Kier molecular flexibility index (Phi) is 12.1. The van der Waals surface area contributed by atoms with Gasteiger partial charge in [-0.3, -0.25) is 4.79 Å². The summed E-state index contributed by atoms with van der Waals surface area (Å²) in [6.45, 7) is 33.2. The number of hydrogen-bond donors (Lipinski definition) is 1. The number of ether oxygens (including phenoxy) is 3. The normalized spacial score (nSPS) is 29.2. The van der Waals surface area contributed by atoms with Crippen molar-refractivity contribution in [3.8, 4) is 0 Å². The number of carbonyl (C=O) groups excluding carboxylic acids is 1. The topological polar surface area (TPSA) is 92.7 Å². The molecule has 0 bridgehead atoms. The van der Waals surface area contributed by atoms with Crippen LogP contribution in [0.3, 0.4) is 0 Å². The molecule has 42 heavy (non-hydrogen) atoms. The van der Waals surface area contributed by atoms with Crippen LogP contribution in [0.5, 0.6) is 0 Å². The molecular weight excluding hydrogens is 585 g/mol. The fourth-order valence-electron chi connectivity index (χ4n) is 4.76. The number of hydrogen-bond acceptors (Lipinski definition) is 8. The van der Waals surface area contributed by atoms with Gasteiger partial charge < -0.3 is 32.6 Å². The molecule has 2 aliphatic rings. The van der Waals surface area contributed by atoms with Gasteiger partial charge in [0.1, 0.15) is 24.4 Å². The van der Waals surface area contributed by atoms with Crippen LogP contribution < -0.4 is 0 Å². The zero-order chi connectivity index (χ0) is 32.7. The van der Waals surface area contributed by atoms with Crippen LogP contribution in [0.2, 0.25) is 54.4 Å². The Hall–Kier alpha value is -0.119. The molecule has 0 spiro atoms. The molecule has 1 N–H and O–H groups in total. The number of rotatable bonds is 10. The highest BCUT2D eigenvalue weighted by atomic mass is 28.4. The second kappa shape index (κ2) is 13.3. The Bertz CT molecular complexity index is 903. The smallest absolute Gasteiger partial charge is 0.308 e. The van der Waals surface area contributed by atoms with Crippen LogP contribution in [-0.4, -0.2) is 92.5 Å². The van der Waals surface area contributed by atoms with Crippen LogP contribution in [0.15, 0.2) is 0 Å². The van der Waals surface area contributed by atoms with E-state index in [1.54, 1.807) is 0 Å². The van der Waals surface area contributed by atoms with E-state index < -0.39 is 55.5 Å².